The van der Waals surface area contributed by atoms with Crippen molar-refractivity contribution in [3.05, 3.63) is 53.6 Å². The van der Waals surface area contributed by atoms with Crippen molar-refractivity contribution < 1.29 is 4.74 Å². The summed E-state index contributed by atoms with van der Waals surface area (Å²) in [6, 6.07) is 14.4. The van der Waals surface area contributed by atoms with E-state index in [4.69, 9.17) is 17.0 Å². The highest BCUT2D eigenvalue weighted by Crippen LogP contribution is 2.29. The molecular formula is C18H20N2OS. The van der Waals surface area contributed by atoms with E-state index >= 15 is 0 Å². The molecule has 4 heteroatoms. The number of anilines is 2. The molecule has 0 spiro atoms. The number of aryl methyl sites for hydroxylation is 2. The van der Waals surface area contributed by atoms with E-state index in [-0.39, 0.29) is 0 Å². The van der Waals surface area contributed by atoms with E-state index < -0.39 is 0 Å². The van der Waals surface area contributed by atoms with Crippen LogP contribution < -0.4 is 15.0 Å². The Bertz CT molecular complexity index is 699. The minimum absolute atomic E-state index is 0.734. The van der Waals surface area contributed by atoms with Gasteiger partial charge in [-0.05, 0) is 55.7 Å². The Morgan fingerprint density at radius 2 is 2.09 bits per heavy atom. The molecule has 2 aromatic carbocycles. The Kier molecular flexibility index (Phi) is 4.29. The first-order chi connectivity index (χ1) is 10.7. The van der Waals surface area contributed by atoms with E-state index in [2.05, 4.69) is 35.3 Å². The van der Waals surface area contributed by atoms with Gasteiger partial charge in [0.05, 0.1) is 7.11 Å². The van der Waals surface area contributed by atoms with Crippen LogP contribution in [0.25, 0.3) is 0 Å². The maximum Gasteiger partial charge on any atom is 0.177 e. The van der Waals surface area contributed by atoms with Crippen LogP contribution in [0, 0.1) is 6.92 Å². The zero-order valence-corrected chi connectivity index (χ0v) is 13.7. The number of methoxy groups -OCH3 is 1. The van der Waals surface area contributed by atoms with Gasteiger partial charge in [0.2, 0.25) is 0 Å². The summed E-state index contributed by atoms with van der Waals surface area (Å²) in [5, 5.41) is 4.05. The van der Waals surface area contributed by atoms with Crippen LogP contribution in [0.5, 0.6) is 5.75 Å². The van der Waals surface area contributed by atoms with Crippen LogP contribution in [0.15, 0.2) is 42.5 Å². The molecule has 3 nitrogen and oxygen atoms in total. The van der Waals surface area contributed by atoms with E-state index in [0.29, 0.717) is 0 Å². The van der Waals surface area contributed by atoms with Gasteiger partial charge < -0.3 is 15.0 Å². The molecule has 0 radical (unpaired) electrons. The summed E-state index contributed by atoms with van der Waals surface area (Å²) < 4.78 is 5.25. The lowest BCUT2D eigenvalue weighted by Crippen LogP contribution is -2.38. The Balaban J connectivity index is 1.81. The molecule has 3 rings (SSSR count). The molecule has 0 atom stereocenters. The van der Waals surface area contributed by atoms with Crippen molar-refractivity contribution >= 4 is 28.7 Å². The van der Waals surface area contributed by atoms with Crippen molar-refractivity contribution in [1.29, 1.82) is 0 Å². The highest BCUT2D eigenvalue weighted by Gasteiger charge is 2.20. The van der Waals surface area contributed by atoms with E-state index in [1.807, 2.05) is 24.3 Å². The van der Waals surface area contributed by atoms with Crippen molar-refractivity contribution in [2.75, 3.05) is 23.9 Å². The second-order valence-corrected chi connectivity index (χ2v) is 5.94. The van der Waals surface area contributed by atoms with Gasteiger partial charge in [0.15, 0.2) is 5.11 Å². The predicted octanol–water partition coefficient (Wildman–Crippen LogP) is 4.15. The maximum atomic E-state index is 5.62. The standard InChI is InChI=1S/C18H20N2OS/c1-13-8-9-17-14(11-13)5-4-10-20(17)18(22)19-15-6-3-7-16(12-15)21-2/h3,6-9,11-12H,4-5,10H2,1-2H3,(H,19,22). The Morgan fingerprint density at radius 1 is 1.23 bits per heavy atom. The number of nitrogens with one attached hydrogen (secondary N) is 1. The molecule has 0 saturated heterocycles. The number of fused-ring (bicyclic) bond motifs is 1. The second-order valence-electron chi connectivity index (χ2n) is 5.55. The zero-order chi connectivity index (χ0) is 15.5. The number of rotatable bonds is 2. The SMILES string of the molecule is COc1cccc(NC(=S)N2CCCc3cc(C)ccc32)c1. The first-order valence-corrected chi connectivity index (χ1v) is 7.90. The molecule has 1 aliphatic heterocycles. The van der Waals surface area contributed by atoms with Crippen LogP contribution in [0.3, 0.4) is 0 Å². The van der Waals surface area contributed by atoms with Crippen LogP contribution >= 0.6 is 12.2 Å². The number of thiocarbonyl (C=S) groups is 1. The van der Waals surface area contributed by atoms with Gasteiger partial charge in [0.1, 0.15) is 5.75 Å². The zero-order valence-electron chi connectivity index (χ0n) is 12.9. The van der Waals surface area contributed by atoms with Gasteiger partial charge in [-0.1, -0.05) is 23.8 Å². The topological polar surface area (TPSA) is 24.5 Å². The molecule has 0 fully saturated rings. The molecule has 2 aromatic rings. The summed E-state index contributed by atoms with van der Waals surface area (Å²) in [5.41, 5.74) is 4.84. The summed E-state index contributed by atoms with van der Waals surface area (Å²) in [7, 11) is 1.67. The maximum absolute atomic E-state index is 5.62. The van der Waals surface area contributed by atoms with Gasteiger partial charge in [0, 0.05) is 24.0 Å². The van der Waals surface area contributed by atoms with Gasteiger partial charge in [-0.3, -0.25) is 0 Å². The molecule has 0 saturated carbocycles. The number of ether oxygens (including phenoxy) is 1. The van der Waals surface area contributed by atoms with Crippen molar-refractivity contribution in [2.24, 2.45) is 0 Å². The molecule has 114 valence electrons. The van der Waals surface area contributed by atoms with E-state index in [0.717, 1.165) is 35.9 Å². The summed E-state index contributed by atoms with van der Waals surface area (Å²) in [5.74, 6) is 0.822. The van der Waals surface area contributed by atoms with Crippen molar-refractivity contribution in [2.45, 2.75) is 19.8 Å². The smallest absolute Gasteiger partial charge is 0.177 e. The third-order valence-electron chi connectivity index (χ3n) is 3.92. The minimum Gasteiger partial charge on any atom is -0.497 e. The normalized spacial score (nSPS) is 13.5. The van der Waals surface area contributed by atoms with Crippen LogP contribution in [-0.2, 0) is 6.42 Å². The second kappa shape index (κ2) is 6.36. The van der Waals surface area contributed by atoms with Crippen LogP contribution in [-0.4, -0.2) is 18.8 Å². The Hall–Kier alpha value is -2.07. The molecule has 0 bridgehead atoms. The third-order valence-corrected chi connectivity index (χ3v) is 4.24. The van der Waals surface area contributed by atoms with E-state index in [1.165, 1.54) is 16.8 Å². The van der Waals surface area contributed by atoms with Crippen LogP contribution in [0.2, 0.25) is 0 Å². The molecular weight excluding hydrogens is 292 g/mol. The molecule has 1 heterocycles. The minimum atomic E-state index is 0.734. The summed E-state index contributed by atoms with van der Waals surface area (Å²) >= 11 is 5.62. The lowest BCUT2D eigenvalue weighted by atomic mass is 10.00. The molecule has 0 amide bonds. The summed E-state index contributed by atoms with van der Waals surface area (Å²) in [4.78, 5) is 2.19. The van der Waals surface area contributed by atoms with Gasteiger partial charge >= 0.3 is 0 Å². The highest BCUT2D eigenvalue weighted by atomic mass is 32.1. The van der Waals surface area contributed by atoms with Gasteiger partial charge in [-0.2, -0.15) is 0 Å². The van der Waals surface area contributed by atoms with Crippen molar-refractivity contribution in [3.8, 4) is 5.75 Å². The average molecular weight is 312 g/mol. The van der Waals surface area contributed by atoms with E-state index in [1.54, 1.807) is 7.11 Å². The number of hydrogen-bond acceptors (Lipinski definition) is 2. The first kappa shape index (κ1) is 14.9. The van der Waals surface area contributed by atoms with Gasteiger partial charge in [0.25, 0.3) is 0 Å². The highest BCUT2D eigenvalue weighted by molar-refractivity contribution is 7.80. The van der Waals surface area contributed by atoms with Gasteiger partial charge in [-0.25, -0.2) is 0 Å². The number of nitrogens with zero attached hydrogens (tertiary/aromatic N) is 1. The number of benzene rings is 2. The number of hydrogen-bond donors (Lipinski definition) is 1. The predicted molar refractivity (Wildman–Crippen MR) is 96.1 cm³/mol. The molecule has 1 aliphatic rings. The molecule has 1 N–H and O–H groups in total. The summed E-state index contributed by atoms with van der Waals surface area (Å²) in [6.07, 6.45) is 2.24. The fourth-order valence-corrected chi connectivity index (χ4v) is 3.14. The van der Waals surface area contributed by atoms with Crippen LogP contribution in [0.4, 0.5) is 11.4 Å². The quantitative estimate of drug-likeness (QED) is 0.842. The van der Waals surface area contributed by atoms with Crippen molar-refractivity contribution in [3.63, 3.8) is 0 Å². The summed E-state index contributed by atoms with van der Waals surface area (Å²) in [6.45, 7) is 3.08. The Labute approximate surface area is 136 Å². The lowest BCUT2D eigenvalue weighted by Gasteiger charge is -2.32. The Morgan fingerprint density at radius 3 is 2.91 bits per heavy atom. The van der Waals surface area contributed by atoms with Crippen molar-refractivity contribution in [1.82, 2.24) is 0 Å². The van der Waals surface area contributed by atoms with Crippen LogP contribution in [0.1, 0.15) is 17.5 Å². The average Bonchev–Trinajstić information content (AvgIpc) is 2.54. The molecule has 0 aliphatic carbocycles. The third kappa shape index (κ3) is 3.07. The fourth-order valence-electron chi connectivity index (χ4n) is 2.83. The first-order valence-electron chi connectivity index (χ1n) is 7.49. The monoisotopic (exact) mass is 312 g/mol. The van der Waals surface area contributed by atoms with E-state index in [9.17, 15) is 0 Å². The molecule has 0 unspecified atom stereocenters. The molecule has 0 aromatic heterocycles. The fraction of sp³-hybridized carbons (Fsp3) is 0.278. The largest absolute Gasteiger partial charge is 0.497 e. The lowest BCUT2D eigenvalue weighted by molar-refractivity contribution is 0.415. The van der Waals surface area contributed by atoms with Gasteiger partial charge in [-0.15, -0.1) is 0 Å². The molecule has 22 heavy (non-hydrogen) atoms.